The Balaban J connectivity index is 1.83. The number of primary amides is 1. The first-order valence-corrected chi connectivity index (χ1v) is 11.4. The van der Waals surface area contributed by atoms with Gasteiger partial charge in [-0.2, -0.15) is 0 Å². The second-order valence-electron chi connectivity index (χ2n) is 6.03. The first kappa shape index (κ1) is 22.0. The van der Waals surface area contributed by atoms with Crippen LogP contribution in [0.2, 0.25) is 10.0 Å². The number of amides is 1. The van der Waals surface area contributed by atoms with Crippen molar-refractivity contribution in [1.29, 1.82) is 0 Å². The van der Waals surface area contributed by atoms with E-state index < -0.39 is 27.3 Å². The minimum absolute atomic E-state index is 0.00384. The van der Waals surface area contributed by atoms with Gasteiger partial charge in [-0.3, -0.25) is 9.59 Å². The maximum absolute atomic E-state index is 12.8. The van der Waals surface area contributed by atoms with Crippen LogP contribution in [0.1, 0.15) is 15.2 Å². The Hall–Kier alpha value is -2.66. The van der Waals surface area contributed by atoms with Crippen LogP contribution in [0.5, 0.6) is 0 Å². The zero-order valence-electron chi connectivity index (χ0n) is 15.1. The Bertz CT molecular complexity index is 1220. The van der Waals surface area contributed by atoms with Crippen molar-refractivity contribution in [2.75, 3.05) is 16.8 Å². The Morgan fingerprint density at radius 2 is 1.67 bits per heavy atom. The minimum Gasteiger partial charge on any atom is -0.382 e. The molecule has 1 heterocycles. The molecule has 156 valence electrons. The summed E-state index contributed by atoms with van der Waals surface area (Å²) in [6.07, 6.45) is 0. The van der Waals surface area contributed by atoms with Gasteiger partial charge in [-0.15, -0.1) is 0 Å². The molecule has 0 atom stereocenters. The molecule has 5 N–H and O–H groups in total. The molecule has 8 nitrogen and oxygen atoms in total. The van der Waals surface area contributed by atoms with E-state index in [0.29, 0.717) is 10.8 Å². The highest BCUT2D eigenvalue weighted by Gasteiger charge is 2.23. The number of halogens is 2. The lowest BCUT2D eigenvalue weighted by molar-refractivity contribution is -0.115. The van der Waals surface area contributed by atoms with Crippen molar-refractivity contribution in [2.24, 2.45) is 5.73 Å². The van der Waals surface area contributed by atoms with Gasteiger partial charge >= 0.3 is 0 Å². The van der Waals surface area contributed by atoms with Gasteiger partial charge in [0, 0.05) is 5.69 Å². The molecule has 0 aliphatic heterocycles. The normalized spacial score (nSPS) is 11.3. The molecule has 0 aliphatic carbocycles. The summed E-state index contributed by atoms with van der Waals surface area (Å²) in [7, 11) is -3.81. The van der Waals surface area contributed by atoms with E-state index in [1.54, 1.807) is 18.2 Å². The molecular weight excluding hydrogens is 471 g/mol. The average molecular weight is 485 g/mol. The van der Waals surface area contributed by atoms with Crippen LogP contribution in [0, 0.1) is 0 Å². The zero-order chi connectivity index (χ0) is 22.1. The summed E-state index contributed by atoms with van der Waals surface area (Å²) >= 11 is 13.2. The maximum atomic E-state index is 12.8. The summed E-state index contributed by atoms with van der Waals surface area (Å²) in [6.45, 7) is 0. The number of ketones is 1. The Morgan fingerprint density at radius 3 is 2.23 bits per heavy atom. The summed E-state index contributed by atoms with van der Waals surface area (Å²) in [5.74, 6) is -2.17. The second kappa shape index (κ2) is 8.60. The molecule has 0 saturated carbocycles. The van der Waals surface area contributed by atoms with E-state index in [-0.39, 0.29) is 31.2 Å². The summed E-state index contributed by atoms with van der Waals surface area (Å²) in [5.41, 5.74) is 11.5. The van der Waals surface area contributed by atoms with Gasteiger partial charge in [-0.1, -0.05) is 40.6 Å². The molecule has 0 bridgehead atoms. The SMILES string of the molecule is NC(=O)CS(=O)(=O)c1ccc(Nc2nc(N)c(C(=O)c3c(Cl)cccc3Cl)s2)cc1. The van der Waals surface area contributed by atoms with Gasteiger partial charge in [0.2, 0.25) is 11.7 Å². The van der Waals surface area contributed by atoms with E-state index in [0.717, 1.165) is 11.3 Å². The number of carbonyl (C=O) groups is 2. The number of sulfone groups is 1. The van der Waals surface area contributed by atoms with Crippen LogP contribution in [0.25, 0.3) is 0 Å². The quantitative estimate of drug-likeness (QED) is 0.436. The number of nitrogens with one attached hydrogen (secondary N) is 1. The molecule has 0 spiro atoms. The molecule has 0 radical (unpaired) electrons. The predicted molar refractivity (Wildman–Crippen MR) is 117 cm³/mol. The summed E-state index contributed by atoms with van der Waals surface area (Å²) in [6, 6.07) is 10.3. The van der Waals surface area contributed by atoms with E-state index in [1.807, 2.05) is 0 Å². The fourth-order valence-corrected chi connectivity index (χ4v) is 5.03. The number of thiazole rings is 1. The Kier molecular flexibility index (Phi) is 6.32. The first-order valence-electron chi connectivity index (χ1n) is 8.21. The van der Waals surface area contributed by atoms with Crippen molar-refractivity contribution >= 4 is 72.7 Å². The van der Waals surface area contributed by atoms with Crippen molar-refractivity contribution in [2.45, 2.75) is 4.90 Å². The number of anilines is 3. The van der Waals surface area contributed by atoms with Crippen LogP contribution in [-0.4, -0.2) is 30.8 Å². The number of nitrogen functional groups attached to an aromatic ring is 1. The fraction of sp³-hybridized carbons (Fsp3) is 0.0556. The van der Waals surface area contributed by atoms with E-state index >= 15 is 0 Å². The topological polar surface area (TPSA) is 145 Å². The van der Waals surface area contributed by atoms with Crippen molar-refractivity contribution < 1.29 is 18.0 Å². The monoisotopic (exact) mass is 484 g/mol. The average Bonchev–Trinajstić information content (AvgIpc) is 3.01. The molecular formula is C18H14Cl2N4O4S2. The number of nitrogens with zero attached hydrogens (tertiary/aromatic N) is 1. The lowest BCUT2D eigenvalue weighted by Crippen LogP contribution is -2.23. The fourth-order valence-electron chi connectivity index (χ4n) is 2.52. The van der Waals surface area contributed by atoms with Gasteiger partial charge in [0.1, 0.15) is 16.4 Å². The van der Waals surface area contributed by atoms with Gasteiger partial charge in [0.25, 0.3) is 0 Å². The Morgan fingerprint density at radius 1 is 1.07 bits per heavy atom. The van der Waals surface area contributed by atoms with Crippen molar-refractivity contribution in [3.8, 4) is 0 Å². The molecule has 3 aromatic rings. The number of carbonyl (C=O) groups excluding carboxylic acids is 2. The molecule has 0 fully saturated rings. The number of nitrogens with two attached hydrogens (primary N) is 2. The van der Waals surface area contributed by atoms with Crippen LogP contribution in [-0.2, 0) is 14.6 Å². The van der Waals surface area contributed by atoms with E-state index in [1.165, 1.54) is 24.3 Å². The number of hydrogen-bond donors (Lipinski definition) is 3. The molecule has 3 rings (SSSR count). The number of hydrogen-bond acceptors (Lipinski definition) is 8. The second-order valence-corrected chi connectivity index (χ2v) is 9.84. The summed E-state index contributed by atoms with van der Waals surface area (Å²) in [4.78, 5) is 27.9. The molecule has 1 aromatic heterocycles. The smallest absolute Gasteiger partial charge is 0.233 e. The van der Waals surface area contributed by atoms with Crippen LogP contribution in [0.4, 0.5) is 16.6 Å². The van der Waals surface area contributed by atoms with Crippen molar-refractivity contribution in [1.82, 2.24) is 4.98 Å². The van der Waals surface area contributed by atoms with Crippen molar-refractivity contribution in [3.05, 3.63) is 63.0 Å². The first-order chi connectivity index (χ1) is 14.1. The molecule has 1 amide bonds. The van der Waals surface area contributed by atoms with Crippen LogP contribution < -0.4 is 16.8 Å². The zero-order valence-corrected chi connectivity index (χ0v) is 18.2. The molecule has 30 heavy (non-hydrogen) atoms. The molecule has 0 unspecified atom stereocenters. The molecule has 12 heteroatoms. The third-order valence-electron chi connectivity index (χ3n) is 3.85. The van der Waals surface area contributed by atoms with Crippen LogP contribution in [0.3, 0.4) is 0 Å². The standard InChI is InChI=1S/C18H14Cl2N4O4S2/c19-11-2-1-3-12(20)14(11)15(26)16-17(22)24-18(29-16)23-9-4-6-10(7-5-9)30(27,28)8-13(21)25/h1-7H,8,22H2,(H2,21,25)(H,23,24). The largest absolute Gasteiger partial charge is 0.382 e. The molecule has 0 saturated heterocycles. The third-order valence-corrected chi connectivity index (χ3v) is 7.12. The van der Waals surface area contributed by atoms with Crippen LogP contribution in [0.15, 0.2) is 47.4 Å². The number of rotatable bonds is 7. The van der Waals surface area contributed by atoms with Gasteiger partial charge < -0.3 is 16.8 Å². The lowest BCUT2D eigenvalue weighted by atomic mass is 10.1. The number of benzene rings is 2. The van der Waals surface area contributed by atoms with E-state index in [9.17, 15) is 18.0 Å². The third kappa shape index (κ3) is 4.73. The van der Waals surface area contributed by atoms with Gasteiger partial charge in [-0.05, 0) is 36.4 Å². The lowest BCUT2D eigenvalue weighted by Gasteiger charge is -2.05. The summed E-state index contributed by atoms with van der Waals surface area (Å²) in [5, 5.41) is 3.65. The Labute approximate surface area is 185 Å². The highest BCUT2D eigenvalue weighted by Crippen LogP contribution is 2.34. The minimum atomic E-state index is -3.81. The van der Waals surface area contributed by atoms with Crippen LogP contribution >= 0.6 is 34.5 Å². The van der Waals surface area contributed by atoms with E-state index in [4.69, 9.17) is 34.7 Å². The number of aromatic nitrogens is 1. The van der Waals surface area contributed by atoms with Gasteiger partial charge in [0.15, 0.2) is 15.0 Å². The van der Waals surface area contributed by atoms with E-state index in [2.05, 4.69) is 10.3 Å². The van der Waals surface area contributed by atoms with Gasteiger partial charge in [0.05, 0.1) is 20.5 Å². The molecule has 2 aromatic carbocycles. The predicted octanol–water partition coefficient (Wildman–Crippen LogP) is 3.27. The summed E-state index contributed by atoms with van der Waals surface area (Å²) < 4.78 is 24.0. The van der Waals surface area contributed by atoms with Gasteiger partial charge in [-0.25, -0.2) is 13.4 Å². The van der Waals surface area contributed by atoms with Crippen molar-refractivity contribution in [3.63, 3.8) is 0 Å². The highest BCUT2D eigenvalue weighted by atomic mass is 35.5. The molecule has 0 aliphatic rings. The highest BCUT2D eigenvalue weighted by molar-refractivity contribution is 7.92. The maximum Gasteiger partial charge on any atom is 0.233 e.